The van der Waals surface area contributed by atoms with E-state index < -0.39 is 0 Å². The number of aryl methyl sites for hydroxylation is 1. The molecule has 0 spiro atoms. The van der Waals surface area contributed by atoms with Crippen molar-refractivity contribution in [3.63, 3.8) is 0 Å². The molecule has 0 radical (unpaired) electrons. The summed E-state index contributed by atoms with van der Waals surface area (Å²) in [5.74, 6) is 0.468. The van der Waals surface area contributed by atoms with Gasteiger partial charge in [-0.1, -0.05) is 0 Å². The van der Waals surface area contributed by atoms with Crippen LogP contribution in [-0.4, -0.2) is 30.9 Å². The molecule has 0 aromatic carbocycles. The van der Waals surface area contributed by atoms with E-state index in [1.807, 2.05) is 11.9 Å². The summed E-state index contributed by atoms with van der Waals surface area (Å²) in [5, 5.41) is 3.12. The quantitative estimate of drug-likeness (QED) is 0.837. The molecule has 0 aliphatic carbocycles. The highest BCUT2D eigenvalue weighted by atomic mass is 32.1. The number of thiophene rings is 1. The van der Waals surface area contributed by atoms with Crippen LogP contribution < -0.4 is 5.32 Å². The Morgan fingerprint density at radius 3 is 2.80 bits per heavy atom. The standard InChI is InChI=1S/C11H16N2OS/c1-8-3-4-10(15-8)7-13(2)11(14)9-5-12-6-9/h3-4,9,12H,5-7H2,1-2H3. The van der Waals surface area contributed by atoms with Gasteiger partial charge < -0.3 is 10.2 Å². The van der Waals surface area contributed by atoms with Gasteiger partial charge in [0.1, 0.15) is 0 Å². The van der Waals surface area contributed by atoms with E-state index in [1.165, 1.54) is 9.75 Å². The molecule has 4 heteroatoms. The molecule has 1 aliphatic heterocycles. The minimum atomic E-state index is 0.205. The number of hydrogen-bond acceptors (Lipinski definition) is 3. The maximum Gasteiger partial charge on any atom is 0.228 e. The Bertz CT molecular complexity index is 357. The second-order valence-electron chi connectivity index (χ2n) is 4.06. The fraction of sp³-hybridized carbons (Fsp3) is 0.545. The van der Waals surface area contributed by atoms with Gasteiger partial charge in [-0.25, -0.2) is 0 Å². The number of carbonyl (C=O) groups is 1. The third-order valence-electron chi connectivity index (χ3n) is 2.70. The van der Waals surface area contributed by atoms with Crippen LogP contribution in [0.4, 0.5) is 0 Å². The number of nitrogens with one attached hydrogen (secondary N) is 1. The average Bonchev–Trinajstić information content (AvgIpc) is 2.48. The maximum atomic E-state index is 11.8. The van der Waals surface area contributed by atoms with E-state index in [4.69, 9.17) is 0 Å². The highest BCUT2D eigenvalue weighted by Crippen LogP contribution is 2.18. The monoisotopic (exact) mass is 224 g/mol. The fourth-order valence-corrected chi connectivity index (χ4v) is 2.60. The smallest absolute Gasteiger partial charge is 0.228 e. The molecule has 1 N–H and O–H groups in total. The minimum Gasteiger partial charge on any atom is -0.340 e. The molecule has 0 atom stereocenters. The maximum absolute atomic E-state index is 11.8. The van der Waals surface area contributed by atoms with Gasteiger partial charge in [0.25, 0.3) is 0 Å². The van der Waals surface area contributed by atoms with Gasteiger partial charge in [0.05, 0.1) is 12.5 Å². The van der Waals surface area contributed by atoms with E-state index in [1.54, 1.807) is 11.3 Å². The van der Waals surface area contributed by atoms with Crippen molar-refractivity contribution in [2.75, 3.05) is 20.1 Å². The second kappa shape index (κ2) is 4.33. The lowest BCUT2D eigenvalue weighted by atomic mass is 10.0. The van der Waals surface area contributed by atoms with Gasteiger partial charge in [0.15, 0.2) is 0 Å². The Balaban J connectivity index is 1.91. The van der Waals surface area contributed by atoms with Crippen LogP contribution in [0.15, 0.2) is 12.1 Å². The van der Waals surface area contributed by atoms with Gasteiger partial charge >= 0.3 is 0 Å². The third kappa shape index (κ3) is 2.38. The lowest BCUT2D eigenvalue weighted by Crippen LogP contribution is -2.50. The first kappa shape index (κ1) is 10.6. The van der Waals surface area contributed by atoms with Crippen LogP contribution in [0.25, 0.3) is 0 Å². The van der Waals surface area contributed by atoms with Crippen LogP contribution in [0.1, 0.15) is 9.75 Å². The van der Waals surface area contributed by atoms with Gasteiger partial charge in [0, 0.05) is 29.9 Å². The van der Waals surface area contributed by atoms with Crippen molar-refractivity contribution in [3.8, 4) is 0 Å². The van der Waals surface area contributed by atoms with Crippen molar-refractivity contribution in [3.05, 3.63) is 21.9 Å². The van der Waals surface area contributed by atoms with E-state index in [-0.39, 0.29) is 11.8 Å². The molecule has 15 heavy (non-hydrogen) atoms. The highest BCUT2D eigenvalue weighted by molar-refractivity contribution is 7.11. The summed E-state index contributed by atoms with van der Waals surface area (Å²) < 4.78 is 0. The lowest BCUT2D eigenvalue weighted by Gasteiger charge is -2.30. The van der Waals surface area contributed by atoms with E-state index >= 15 is 0 Å². The number of nitrogens with zero attached hydrogens (tertiary/aromatic N) is 1. The van der Waals surface area contributed by atoms with Gasteiger partial charge in [-0.05, 0) is 19.1 Å². The van der Waals surface area contributed by atoms with E-state index in [2.05, 4.69) is 24.4 Å². The zero-order valence-electron chi connectivity index (χ0n) is 9.12. The topological polar surface area (TPSA) is 32.3 Å². The molecular formula is C11H16N2OS. The normalized spacial score (nSPS) is 16.1. The molecule has 1 aromatic rings. The Kier molecular flexibility index (Phi) is 3.07. The molecule has 2 heterocycles. The Morgan fingerprint density at radius 2 is 2.33 bits per heavy atom. The van der Waals surface area contributed by atoms with E-state index in [0.29, 0.717) is 0 Å². The molecular weight excluding hydrogens is 208 g/mol. The zero-order chi connectivity index (χ0) is 10.8. The highest BCUT2D eigenvalue weighted by Gasteiger charge is 2.27. The van der Waals surface area contributed by atoms with Crippen molar-refractivity contribution in [2.45, 2.75) is 13.5 Å². The van der Waals surface area contributed by atoms with Crippen LogP contribution in [0.5, 0.6) is 0 Å². The summed E-state index contributed by atoms with van der Waals surface area (Å²) in [5.41, 5.74) is 0. The number of amides is 1. The predicted octanol–water partition coefficient (Wildman–Crippen LogP) is 1.23. The zero-order valence-corrected chi connectivity index (χ0v) is 9.93. The van der Waals surface area contributed by atoms with E-state index in [9.17, 15) is 4.79 Å². The van der Waals surface area contributed by atoms with Gasteiger partial charge in [-0.3, -0.25) is 4.79 Å². The lowest BCUT2D eigenvalue weighted by molar-refractivity contribution is -0.136. The summed E-state index contributed by atoms with van der Waals surface area (Å²) in [6.45, 7) is 4.51. The predicted molar refractivity (Wildman–Crippen MR) is 61.9 cm³/mol. The van der Waals surface area contributed by atoms with Crippen molar-refractivity contribution in [2.24, 2.45) is 5.92 Å². The Labute approximate surface area is 94.1 Å². The number of hydrogen-bond donors (Lipinski definition) is 1. The molecule has 0 bridgehead atoms. The minimum absolute atomic E-state index is 0.205. The summed E-state index contributed by atoms with van der Waals surface area (Å²) in [7, 11) is 1.88. The van der Waals surface area contributed by atoms with Gasteiger partial charge in [-0.2, -0.15) is 0 Å². The first-order valence-corrected chi connectivity index (χ1v) is 5.99. The average molecular weight is 224 g/mol. The Hall–Kier alpha value is -0.870. The summed E-state index contributed by atoms with van der Waals surface area (Å²) in [6, 6.07) is 4.20. The third-order valence-corrected chi connectivity index (χ3v) is 3.68. The largest absolute Gasteiger partial charge is 0.340 e. The van der Waals surface area contributed by atoms with Crippen molar-refractivity contribution in [1.82, 2.24) is 10.2 Å². The summed E-state index contributed by atoms with van der Waals surface area (Å²) in [6.07, 6.45) is 0. The first-order chi connectivity index (χ1) is 7.16. The molecule has 3 nitrogen and oxygen atoms in total. The molecule has 1 fully saturated rings. The molecule has 1 saturated heterocycles. The van der Waals surface area contributed by atoms with Crippen LogP contribution in [0, 0.1) is 12.8 Å². The van der Waals surface area contributed by atoms with Crippen LogP contribution >= 0.6 is 11.3 Å². The van der Waals surface area contributed by atoms with Gasteiger partial charge in [-0.15, -0.1) is 11.3 Å². The first-order valence-electron chi connectivity index (χ1n) is 5.18. The molecule has 1 aromatic heterocycles. The van der Waals surface area contributed by atoms with E-state index in [0.717, 1.165) is 19.6 Å². The number of rotatable bonds is 3. The van der Waals surface area contributed by atoms with Crippen LogP contribution in [-0.2, 0) is 11.3 Å². The molecule has 2 rings (SSSR count). The summed E-state index contributed by atoms with van der Waals surface area (Å²) in [4.78, 5) is 16.2. The molecule has 1 amide bonds. The number of carbonyl (C=O) groups excluding carboxylic acids is 1. The van der Waals surface area contributed by atoms with Crippen LogP contribution in [0.2, 0.25) is 0 Å². The van der Waals surface area contributed by atoms with Crippen molar-refractivity contribution in [1.29, 1.82) is 0 Å². The summed E-state index contributed by atoms with van der Waals surface area (Å²) >= 11 is 1.76. The second-order valence-corrected chi connectivity index (χ2v) is 5.43. The Morgan fingerprint density at radius 1 is 1.60 bits per heavy atom. The molecule has 1 aliphatic rings. The van der Waals surface area contributed by atoms with Gasteiger partial charge in [0.2, 0.25) is 5.91 Å². The SMILES string of the molecule is Cc1ccc(CN(C)C(=O)C2CNC2)s1. The molecule has 0 saturated carbocycles. The van der Waals surface area contributed by atoms with Crippen molar-refractivity contribution >= 4 is 17.2 Å². The molecule has 82 valence electrons. The molecule has 0 unspecified atom stereocenters. The fourth-order valence-electron chi connectivity index (χ4n) is 1.66. The van der Waals surface area contributed by atoms with Crippen molar-refractivity contribution < 1.29 is 4.79 Å². The van der Waals surface area contributed by atoms with Crippen LogP contribution in [0.3, 0.4) is 0 Å².